The number of carboxylic acids is 1. The maximum absolute atomic E-state index is 13.2. The van der Waals surface area contributed by atoms with Crippen LogP contribution in [0.4, 0.5) is 17.6 Å². The fourth-order valence-electron chi connectivity index (χ4n) is 2.07. The number of alkyl halides is 4. The standard InChI is InChI=1S/C13H8F4N2O4/c1-19-8(5-7(18-19)11(20)21)6-2-3-9-10(4-6)23-13(16,17)12(14,15)22-9/h2-5H,1H3,(H,20,21). The van der Waals surface area contributed by atoms with E-state index in [0.717, 1.165) is 12.1 Å². The number of halogens is 4. The zero-order valence-corrected chi connectivity index (χ0v) is 11.4. The molecular weight excluding hydrogens is 324 g/mol. The van der Waals surface area contributed by atoms with Crippen LogP contribution in [0.25, 0.3) is 11.3 Å². The molecule has 2 aromatic rings. The molecule has 10 heteroatoms. The molecule has 6 nitrogen and oxygen atoms in total. The van der Waals surface area contributed by atoms with E-state index < -0.39 is 29.7 Å². The van der Waals surface area contributed by atoms with Gasteiger partial charge in [0.2, 0.25) is 0 Å². The van der Waals surface area contributed by atoms with Crippen LogP contribution in [0.2, 0.25) is 0 Å². The quantitative estimate of drug-likeness (QED) is 0.856. The molecule has 0 amide bonds. The van der Waals surface area contributed by atoms with Crippen molar-refractivity contribution in [2.24, 2.45) is 7.05 Å². The average molecular weight is 332 g/mol. The Morgan fingerprint density at radius 3 is 2.30 bits per heavy atom. The third-order valence-corrected chi connectivity index (χ3v) is 3.15. The lowest BCUT2D eigenvalue weighted by atomic mass is 10.1. The number of ether oxygens (including phenoxy) is 2. The predicted octanol–water partition coefficient (Wildman–Crippen LogP) is 2.74. The van der Waals surface area contributed by atoms with Gasteiger partial charge in [0, 0.05) is 12.6 Å². The van der Waals surface area contributed by atoms with Crippen LogP contribution in [0, 0.1) is 0 Å². The summed E-state index contributed by atoms with van der Waals surface area (Å²) in [6, 6.07) is 4.58. The zero-order valence-electron chi connectivity index (χ0n) is 11.4. The Morgan fingerprint density at radius 1 is 1.13 bits per heavy atom. The predicted molar refractivity (Wildman–Crippen MR) is 66.8 cm³/mol. The fraction of sp³-hybridized carbons (Fsp3) is 0.231. The van der Waals surface area contributed by atoms with E-state index in [2.05, 4.69) is 14.6 Å². The Bertz CT molecular complexity index is 803. The van der Waals surface area contributed by atoms with E-state index in [0.29, 0.717) is 0 Å². The van der Waals surface area contributed by atoms with Crippen LogP contribution in [0.15, 0.2) is 24.3 Å². The van der Waals surface area contributed by atoms with Gasteiger partial charge in [-0.2, -0.15) is 22.7 Å². The number of benzene rings is 1. The summed E-state index contributed by atoms with van der Waals surface area (Å²) in [5, 5.41) is 12.6. The van der Waals surface area contributed by atoms with E-state index in [1.165, 1.54) is 23.9 Å². The molecule has 0 spiro atoms. The van der Waals surface area contributed by atoms with Crippen molar-refractivity contribution in [2.45, 2.75) is 12.2 Å². The topological polar surface area (TPSA) is 73.6 Å². The maximum Gasteiger partial charge on any atom is 0.507 e. The summed E-state index contributed by atoms with van der Waals surface area (Å²) in [4.78, 5) is 10.9. The number of rotatable bonds is 2. The van der Waals surface area contributed by atoms with Crippen molar-refractivity contribution in [3.05, 3.63) is 30.0 Å². The van der Waals surface area contributed by atoms with Crippen molar-refractivity contribution in [3.63, 3.8) is 0 Å². The Kier molecular flexibility index (Phi) is 3.03. The lowest BCUT2D eigenvalue weighted by Crippen LogP contribution is -2.52. The summed E-state index contributed by atoms with van der Waals surface area (Å²) >= 11 is 0. The van der Waals surface area contributed by atoms with Gasteiger partial charge in [-0.1, -0.05) is 0 Å². The number of aromatic carboxylic acids is 1. The van der Waals surface area contributed by atoms with Gasteiger partial charge in [-0.25, -0.2) is 4.79 Å². The van der Waals surface area contributed by atoms with Gasteiger partial charge in [-0.15, -0.1) is 0 Å². The molecule has 0 atom stereocenters. The van der Waals surface area contributed by atoms with Crippen molar-refractivity contribution in [1.82, 2.24) is 9.78 Å². The number of nitrogens with zero attached hydrogens (tertiary/aromatic N) is 2. The molecule has 1 aromatic heterocycles. The van der Waals surface area contributed by atoms with Crippen LogP contribution in [-0.2, 0) is 7.05 Å². The monoisotopic (exact) mass is 332 g/mol. The SMILES string of the molecule is Cn1nc(C(=O)O)cc1-c1ccc2c(c1)OC(F)(F)C(F)(F)O2. The van der Waals surface area contributed by atoms with Gasteiger partial charge >= 0.3 is 18.2 Å². The summed E-state index contributed by atoms with van der Waals surface area (Å²) in [5.41, 5.74) is 0.263. The Hall–Kier alpha value is -2.78. The van der Waals surface area contributed by atoms with Gasteiger partial charge in [-0.3, -0.25) is 4.68 Å². The molecule has 23 heavy (non-hydrogen) atoms. The first kappa shape index (κ1) is 15.1. The van der Waals surface area contributed by atoms with Crippen LogP contribution >= 0.6 is 0 Å². The smallest absolute Gasteiger partial charge is 0.476 e. The van der Waals surface area contributed by atoms with Crippen molar-refractivity contribution >= 4 is 5.97 Å². The van der Waals surface area contributed by atoms with Crippen LogP contribution in [0.3, 0.4) is 0 Å². The van der Waals surface area contributed by atoms with E-state index in [9.17, 15) is 22.4 Å². The third kappa shape index (κ3) is 2.35. The van der Waals surface area contributed by atoms with E-state index in [4.69, 9.17) is 5.11 Å². The highest BCUT2D eigenvalue weighted by atomic mass is 19.3. The number of aromatic nitrogens is 2. The molecule has 122 valence electrons. The van der Waals surface area contributed by atoms with Crippen molar-refractivity contribution in [3.8, 4) is 22.8 Å². The first-order valence-corrected chi connectivity index (χ1v) is 6.16. The fourth-order valence-corrected chi connectivity index (χ4v) is 2.07. The normalized spacial score (nSPS) is 17.8. The Labute approximate surface area is 125 Å². The highest BCUT2D eigenvalue weighted by Crippen LogP contribution is 2.47. The molecule has 1 aliphatic heterocycles. The van der Waals surface area contributed by atoms with Gasteiger partial charge < -0.3 is 14.6 Å². The second-order valence-electron chi connectivity index (χ2n) is 4.74. The summed E-state index contributed by atoms with van der Waals surface area (Å²) in [6.07, 6.45) is -9.61. The van der Waals surface area contributed by atoms with Crippen LogP contribution in [0.1, 0.15) is 10.5 Å². The molecule has 0 radical (unpaired) electrons. The van der Waals surface area contributed by atoms with E-state index in [1.807, 2.05) is 0 Å². The van der Waals surface area contributed by atoms with Gasteiger partial charge in [0.25, 0.3) is 0 Å². The molecular formula is C13H8F4N2O4. The zero-order chi connectivity index (χ0) is 17.0. The van der Waals surface area contributed by atoms with Crippen molar-refractivity contribution in [1.29, 1.82) is 0 Å². The molecule has 1 aliphatic rings. The number of carboxylic acid groups (broad SMARTS) is 1. The largest absolute Gasteiger partial charge is 0.507 e. The van der Waals surface area contributed by atoms with E-state index in [-0.39, 0.29) is 17.0 Å². The highest BCUT2D eigenvalue weighted by Gasteiger charge is 2.65. The number of fused-ring (bicyclic) bond motifs is 1. The molecule has 2 heterocycles. The summed E-state index contributed by atoms with van der Waals surface area (Å²) in [7, 11) is 1.45. The number of hydrogen-bond donors (Lipinski definition) is 1. The lowest BCUT2D eigenvalue weighted by molar-refractivity contribution is -0.391. The summed E-state index contributed by atoms with van der Waals surface area (Å²) in [6.45, 7) is 0. The maximum atomic E-state index is 13.2. The molecule has 0 fully saturated rings. The first-order valence-electron chi connectivity index (χ1n) is 6.16. The van der Waals surface area contributed by atoms with Gasteiger partial charge in [0.05, 0.1) is 5.69 Å². The number of aryl methyl sites for hydroxylation is 1. The average Bonchev–Trinajstić information content (AvgIpc) is 2.81. The molecule has 1 aromatic carbocycles. The molecule has 3 rings (SSSR count). The van der Waals surface area contributed by atoms with Crippen LogP contribution in [0.5, 0.6) is 11.5 Å². The van der Waals surface area contributed by atoms with Gasteiger partial charge in [0.15, 0.2) is 17.2 Å². The molecule has 0 aliphatic carbocycles. The number of carbonyl (C=O) groups is 1. The minimum Gasteiger partial charge on any atom is -0.476 e. The highest BCUT2D eigenvalue weighted by molar-refractivity contribution is 5.87. The van der Waals surface area contributed by atoms with Gasteiger partial charge in [-0.05, 0) is 24.3 Å². The van der Waals surface area contributed by atoms with E-state index in [1.54, 1.807) is 0 Å². The minimum atomic E-state index is -4.82. The van der Waals surface area contributed by atoms with E-state index >= 15 is 0 Å². The summed E-state index contributed by atoms with van der Waals surface area (Å²) < 4.78 is 61.7. The molecule has 0 saturated carbocycles. The second kappa shape index (κ2) is 4.61. The summed E-state index contributed by atoms with van der Waals surface area (Å²) in [5.74, 6) is -2.41. The van der Waals surface area contributed by atoms with Crippen LogP contribution in [-0.4, -0.2) is 33.1 Å². The minimum absolute atomic E-state index is 0.246. The van der Waals surface area contributed by atoms with Crippen LogP contribution < -0.4 is 9.47 Å². The molecule has 0 bridgehead atoms. The Balaban J connectivity index is 2.04. The van der Waals surface area contributed by atoms with Gasteiger partial charge in [0.1, 0.15) is 0 Å². The Morgan fingerprint density at radius 2 is 1.74 bits per heavy atom. The van der Waals surface area contributed by atoms with Crippen molar-refractivity contribution < 1.29 is 36.9 Å². The third-order valence-electron chi connectivity index (χ3n) is 3.15. The molecule has 1 N–H and O–H groups in total. The molecule has 0 unspecified atom stereocenters. The van der Waals surface area contributed by atoms with Crippen molar-refractivity contribution in [2.75, 3.05) is 0 Å². The first-order chi connectivity index (χ1) is 10.6. The second-order valence-corrected chi connectivity index (χ2v) is 4.74. The number of hydrogen-bond acceptors (Lipinski definition) is 4. The lowest BCUT2D eigenvalue weighted by Gasteiger charge is -2.31. The molecule has 0 saturated heterocycles.